The summed E-state index contributed by atoms with van der Waals surface area (Å²) in [5.41, 5.74) is 2.07. The predicted molar refractivity (Wildman–Crippen MR) is 114 cm³/mol. The van der Waals surface area contributed by atoms with Crippen LogP contribution in [0, 0.1) is 6.92 Å². The van der Waals surface area contributed by atoms with E-state index in [0.29, 0.717) is 17.9 Å². The van der Waals surface area contributed by atoms with Crippen LogP contribution in [0.1, 0.15) is 16.3 Å². The summed E-state index contributed by atoms with van der Waals surface area (Å²) in [4.78, 5) is 11.8. The molecule has 0 aliphatic rings. The molecule has 0 saturated carbocycles. The Bertz CT molecular complexity index is 1110. The first-order chi connectivity index (χ1) is 13.7. The van der Waals surface area contributed by atoms with Crippen molar-refractivity contribution >= 4 is 33.1 Å². The summed E-state index contributed by atoms with van der Waals surface area (Å²) in [6.07, 6.45) is 0.689. The third-order valence-electron chi connectivity index (χ3n) is 4.41. The van der Waals surface area contributed by atoms with Gasteiger partial charge in [0.25, 0.3) is 0 Å². The first-order valence-corrected chi connectivity index (χ1v) is 9.78. The lowest BCUT2D eigenvalue weighted by molar-refractivity contribution is 0.355. The molecule has 28 heavy (non-hydrogen) atoms. The van der Waals surface area contributed by atoms with Gasteiger partial charge in [-0.1, -0.05) is 30.3 Å². The molecule has 0 saturated heterocycles. The second-order valence-corrected chi connectivity index (χ2v) is 7.66. The molecule has 4 aromatic rings. The Morgan fingerprint density at radius 1 is 0.929 bits per heavy atom. The molecular weight excluding hydrogens is 370 g/mol. The lowest BCUT2D eigenvalue weighted by Crippen LogP contribution is -2.02. The number of methoxy groups -OCH3 is 2. The van der Waals surface area contributed by atoms with Crippen LogP contribution in [0.4, 0.5) is 11.5 Å². The summed E-state index contributed by atoms with van der Waals surface area (Å²) in [6.45, 7) is 2.09. The number of benzene rings is 2. The Hall–Kier alpha value is -3.12. The molecule has 2 aromatic heterocycles. The largest absolute Gasteiger partial charge is 0.493 e. The van der Waals surface area contributed by atoms with E-state index in [-0.39, 0.29) is 0 Å². The average molecular weight is 391 g/mol. The number of thiophene rings is 1. The molecule has 142 valence electrons. The van der Waals surface area contributed by atoms with Crippen molar-refractivity contribution in [1.29, 1.82) is 0 Å². The van der Waals surface area contributed by atoms with Crippen molar-refractivity contribution in [3.05, 3.63) is 70.9 Å². The van der Waals surface area contributed by atoms with Crippen LogP contribution in [0.15, 0.2) is 54.6 Å². The SMILES string of the molecule is COc1ccc(Nc2nc(Cc3ccccc3)nc3sc(C)cc23)cc1OC. The molecule has 0 aliphatic heterocycles. The van der Waals surface area contributed by atoms with Crippen LogP contribution in [0.3, 0.4) is 0 Å². The fourth-order valence-electron chi connectivity index (χ4n) is 3.09. The molecule has 0 fully saturated rings. The van der Waals surface area contributed by atoms with E-state index in [4.69, 9.17) is 19.4 Å². The van der Waals surface area contributed by atoms with E-state index in [0.717, 1.165) is 27.5 Å². The van der Waals surface area contributed by atoms with Gasteiger partial charge in [0.05, 0.1) is 19.6 Å². The Morgan fingerprint density at radius 3 is 2.46 bits per heavy atom. The van der Waals surface area contributed by atoms with Crippen molar-refractivity contribution in [2.45, 2.75) is 13.3 Å². The highest BCUT2D eigenvalue weighted by molar-refractivity contribution is 7.18. The smallest absolute Gasteiger partial charge is 0.162 e. The molecule has 4 rings (SSSR count). The number of rotatable bonds is 6. The molecule has 0 aliphatic carbocycles. The van der Waals surface area contributed by atoms with Crippen molar-refractivity contribution in [2.75, 3.05) is 19.5 Å². The summed E-state index contributed by atoms with van der Waals surface area (Å²) < 4.78 is 10.7. The number of aromatic nitrogens is 2. The first kappa shape index (κ1) is 18.3. The minimum atomic E-state index is 0.670. The maximum atomic E-state index is 5.41. The van der Waals surface area contributed by atoms with Gasteiger partial charge in [-0.2, -0.15) is 0 Å². The van der Waals surface area contributed by atoms with E-state index in [1.54, 1.807) is 25.6 Å². The minimum Gasteiger partial charge on any atom is -0.493 e. The number of anilines is 2. The molecular formula is C22H21N3O2S. The number of hydrogen-bond donors (Lipinski definition) is 1. The Morgan fingerprint density at radius 2 is 1.71 bits per heavy atom. The van der Waals surface area contributed by atoms with E-state index >= 15 is 0 Å². The monoisotopic (exact) mass is 391 g/mol. The van der Waals surface area contributed by atoms with E-state index < -0.39 is 0 Å². The summed E-state index contributed by atoms with van der Waals surface area (Å²) in [5, 5.41) is 4.45. The van der Waals surface area contributed by atoms with E-state index in [2.05, 4.69) is 30.4 Å². The van der Waals surface area contributed by atoms with Gasteiger partial charge >= 0.3 is 0 Å². The summed E-state index contributed by atoms with van der Waals surface area (Å²) >= 11 is 1.68. The van der Waals surface area contributed by atoms with Crippen molar-refractivity contribution < 1.29 is 9.47 Å². The van der Waals surface area contributed by atoms with Crippen LogP contribution in [-0.4, -0.2) is 24.2 Å². The van der Waals surface area contributed by atoms with Gasteiger partial charge in [0.15, 0.2) is 11.5 Å². The maximum absolute atomic E-state index is 5.41. The number of nitrogens with one attached hydrogen (secondary N) is 1. The predicted octanol–water partition coefficient (Wildman–Crippen LogP) is 5.35. The zero-order valence-corrected chi connectivity index (χ0v) is 16.8. The Kier molecular flexibility index (Phi) is 5.12. The van der Waals surface area contributed by atoms with Crippen LogP contribution in [0.5, 0.6) is 11.5 Å². The number of hydrogen-bond acceptors (Lipinski definition) is 6. The number of aryl methyl sites for hydroxylation is 1. The molecule has 0 bridgehead atoms. The van der Waals surface area contributed by atoms with Gasteiger partial charge in [-0.15, -0.1) is 11.3 Å². The highest BCUT2D eigenvalue weighted by Crippen LogP contribution is 2.34. The van der Waals surface area contributed by atoms with Gasteiger partial charge < -0.3 is 14.8 Å². The van der Waals surface area contributed by atoms with Crippen LogP contribution >= 0.6 is 11.3 Å². The Balaban J connectivity index is 1.73. The zero-order valence-electron chi connectivity index (χ0n) is 16.0. The molecule has 5 nitrogen and oxygen atoms in total. The van der Waals surface area contributed by atoms with Gasteiger partial charge in [-0.05, 0) is 30.7 Å². The summed E-state index contributed by atoms with van der Waals surface area (Å²) in [5.74, 6) is 2.96. The van der Waals surface area contributed by atoms with E-state index in [9.17, 15) is 0 Å². The number of ether oxygens (including phenoxy) is 2. The van der Waals surface area contributed by atoms with E-state index in [1.807, 2.05) is 36.4 Å². The first-order valence-electron chi connectivity index (χ1n) is 8.96. The van der Waals surface area contributed by atoms with E-state index in [1.165, 1.54) is 10.4 Å². The van der Waals surface area contributed by atoms with Crippen molar-refractivity contribution in [3.8, 4) is 11.5 Å². The van der Waals surface area contributed by atoms with Crippen LogP contribution in [-0.2, 0) is 6.42 Å². The van der Waals surface area contributed by atoms with Crippen molar-refractivity contribution in [1.82, 2.24) is 9.97 Å². The molecule has 6 heteroatoms. The standard InChI is InChI=1S/C22H21N3O2S/c1-14-11-17-21(23-16-9-10-18(26-2)19(13-16)27-3)24-20(25-22(17)28-14)12-15-7-5-4-6-8-15/h4-11,13H,12H2,1-3H3,(H,23,24,25). The second kappa shape index (κ2) is 7.86. The van der Waals surface area contributed by atoms with Crippen LogP contribution in [0.25, 0.3) is 10.2 Å². The highest BCUT2D eigenvalue weighted by Gasteiger charge is 2.13. The number of nitrogens with zero attached hydrogens (tertiary/aromatic N) is 2. The molecule has 0 unspecified atom stereocenters. The van der Waals surface area contributed by atoms with Gasteiger partial charge in [0, 0.05) is 23.1 Å². The van der Waals surface area contributed by atoms with Gasteiger partial charge in [0.1, 0.15) is 16.5 Å². The van der Waals surface area contributed by atoms with Gasteiger partial charge in [-0.25, -0.2) is 9.97 Å². The zero-order chi connectivity index (χ0) is 19.5. The van der Waals surface area contributed by atoms with Gasteiger partial charge in [0.2, 0.25) is 0 Å². The maximum Gasteiger partial charge on any atom is 0.162 e. The van der Waals surface area contributed by atoms with Crippen LogP contribution < -0.4 is 14.8 Å². The lowest BCUT2D eigenvalue weighted by Gasteiger charge is -2.12. The third-order valence-corrected chi connectivity index (χ3v) is 5.36. The number of fused-ring (bicyclic) bond motifs is 1. The highest BCUT2D eigenvalue weighted by atomic mass is 32.1. The quantitative estimate of drug-likeness (QED) is 0.480. The molecule has 0 atom stereocenters. The van der Waals surface area contributed by atoms with Crippen molar-refractivity contribution in [2.24, 2.45) is 0 Å². The molecule has 2 heterocycles. The minimum absolute atomic E-state index is 0.670. The molecule has 0 radical (unpaired) electrons. The molecule has 0 spiro atoms. The molecule has 1 N–H and O–H groups in total. The summed E-state index contributed by atoms with van der Waals surface area (Å²) in [7, 11) is 3.26. The van der Waals surface area contributed by atoms with Gasteiger partial charge in [-0.3, -0.25) is 0 Å². The van der Waals surface area contributed by atoms with Crippen molar-refractivity contribution in [3.63, 3.8) is 0 Å². The van der Waals surface area contributed by atoms with Crippen LogP contribution in [0.2, 0.25) is 0 Å². The molecule has 2 aromatic carbocycles. The topological polar surface area (TPSA) is 56.3 Å². The second-order valence-electron chi connectivity index (χ2n) is 6.42. The lowest BCUT2D eigenvalue weighted by atomic mass is 10.1. The third kappa shape index (κ3) is 3.77. The summed E-state index contributed by atoms with van der Waals surface area (Å²) in [6, 6.07) is 18.1. The normalized spacial score (nSPS) is 10.8. The fraction of sp³-hybridized carbons (Fsp3) is 0.182. The fourth-order valence-corrected chi connectivity index (χ4v) is 3.99. The average Bonchev–Trinajstić information content (AvgIpc) is 3.09. The molecule has 0 amide bonds. The Labute approximate surface area is 168 Å².